The maximum Gasteiger partial charge on any atom is 0.251 e. The van der Waals surface area contributed by atoms with E-state index in [2.05, 4.69) is 10.3 Å². The zero-order valence-electron chi connectivity index (χ0n) is 15.3. The largest absolute Gasteiger partial charge is 0.496 e. The van der Waals surface area contributed by atoms with Gasteiger partial charge in [-0.1, -0.05) is 48.5 Å². The third-order valence-corrected chi connectivity index (χ3v) is 4.21. The van der Waals surface area contributed by atoms with Crippen molar-refractivity contribution in [3.8, 4) is 5.75 Å². The van der Waals surface area contributed by atoms with Gasteiger partial charge in [-0.05, 0) is 24.1 Å². The monoisotopic (exact) mass is 361 g/mol. The Labute approximate surface area is 159 Å². The van der Waals surface area contributed by atoms with E-state index in [4.69, 9.17) is 4.74 Å². The number of nitrogens with one attached hydrogen (secondary N) is 1. The summed E-state index contributed by atoms with van der Waals surface area (Å²) in [6, 6.07) is 17.3. The Balaban J connectivity index is 1.75. The van der Waals surface area contributed by atoms with Crippen molar-refractivity contribution in [2.24, 2.45) is 0 Å². The first kappa shape index (κ1) is 18.5. The highest BCUT2D eigenvalue weighted by Gasteiger charge is 2.13. The molecule has 3 rings (SSSR count). The topological polar surface area (TPSA) is 56.1 Å². The fourth-order valence-corrected chi connectivity index (χ4v) is 2.82. The number of carbonyl (C=O) groups is 1. The van der Waals surface area contributed by atoms with Crippen LogP contribution in [-0.4, -0.2) is 29.1 Å². The molecular weight excluding hydrogens is 338 g/mol. The molecule has 5 nitrogen and oxygen atoms in total. The first-order valence-electron chi connectivity index (χ1n) is 8.92. The average molecular weight is 361 g/mol. The van der Waals surface area contributed by atoms with E-state index in [1.165, 1.54) is 0 Å². The maximum atomic E-state index is 12.9. The van der Waals surface area contributed by atoms with Gasteiger partial charge in [-0.25, -0.2) is 4.98 Å². The number of ether oxygens (including phenoxy) is 1. The number of aromatic nitrogens is 2. The lowest BCUT2D eigenvalue weighted by Crippen LogP contribution is -2.26. The summed E-state index contributed by atoms with van der Waals surface area (Å²) < 4.78 is 7.41. The molecule has 0 aliphatic carbocycles. The number of imidazole rings is 1. The highest BCUT2D eigenvalue weighted by molar-refractivity contribution is 6.24. The van der Waals surface area contributed by atoms with E-state index >= 15 is 0 Å². The van der Waals surface area contributed by atoms with E-state index in [1.807, 2.05) is 71.4 Å². The lowest BCUT2D eigenvalue weighted by molar-refractivity contribution is -0.115. The molecule has 27 heavy (non-hydrogen) atoms. The van der Waals surface area contributed by atoms with Crippen LogP contribution in [-0.2, 0) is 11.3 Å². The molecule has 0 bridgehead atoms. The minimum absolute atomic E-state index is 0.0993. The standard InChI is InChI=1S/C22H23N3O2/c1-27-21-11-6-5-10-19(21)16-20(18-8-3-2-4-9-18)22(26)24-12-7-14-25-15-13-23-17-25/h2-6,8-11,13,15-17H,7,12,14H2,1H3,(H,24,26). The molecule has 138 valence electrons. The predicted molar refractivity (Wildman–Crippen MR) is 107 cm³/mol. The molecule has 0 saturated carbocycles. The van der Waals surface area contributed by atoms with Crippen LogP contribution in [0.1, 0.15) is 17.5 Å². The molecular formula is C22H23N3O2. The van der Waals surface area contributed by atoms with E-state index < -0.39 is 0 Å². The molecule has 0 atom stereocenters. The summed E-state index contributed by atoms with van der Waals surface area (Å²) in [7, 11) is 1.63. The Bertz CT molecular complexity index is 887. The Kier molecular flexibility index (Phi) is 6.41. The molecule has 0 fully saturated rings. The van der Waals surface area contributed by atoms with Crippen LogP contribution in [0.4, 0.5) is 0 Å². The number of rotatable bonds is 8. The fraction of sp³-hybridized carbons (Fsp3) is 0.182. The smallest absolute Gasteiger partial charge is 0.251 e. The Hall–Kier alpha value is -3.34. The molecule has 0 radical (unpaired) electrons. The highest BCUT2D eigenvalue weighted by Crippen LogP contribution is 2.24. The van der Waals surface area contributed by atoms with Gasteiger partial charge >= 0.3 is 0 Å². The van der Waals surface area contributed by atoms with Crippen molar-refractivity contribution in [1.82, 2.24) is 14.9 Å². The minimum Gasteiger partial charge on any atom is -0.496 e. The van der Waals surface area contributed by atoms with E-state index in [9.17, 15) is 4.79 Å². The third-order valence-electron chi connectivity index (χ3n) is 4.21. The summed E-state index contributed by atoms with van der Waals surface area (Å²) in [5.41, 5.74) is 2.35. The van der Waals surface area contributed by atoms with Gasteiger partial charge in [0.1, 0.15) is 5.75 Å². The van der Waals surface area contributed by atoms with Gasteiger partial charge in [0.15, 0.2) is 0 Å². The predicted octanol–water partition coefficient (Wildman–Crippen LogP) is 3.64. The van der Waals surface area contributed by atoms with E-state index in [0.29, 0.717) is 12.1 Å². The lowest BCUT2D eigenvalue weighted by atomic mass is 10.0. The molecule has 0 aliphatic rings. The second kappa shape index (κ2) is 9.38. The SMILES string of the molecule is COc1ccccc1C=C(C(=O)NCCCn1ccnc1)c1ccccc1. The Morgan fingerprint density at radius 3 is 2.67 bits per heavy atom. The quantitative estimate of drug-likeness (QED) is 0.379. The van der Waals surface area contributed by atoms with Crippen LogP contribution in [0, 0.1) is 0 Å². The minimum atomic E-state index is -0.0993. The van der Waals surface area contributed by atoms with Crippen molar-refractivity contribution in [3.63, 3.8) is 0 Å². The van der Waals surface area contributed by atoms with Crippen LogP contribution < -0.4 is 10.1 Å². The van der Waals surface area contributed by atoms with Crippen LogP contribution >= 0.6 is 0 Å². The van der Waals surface area contributed by atoms with Crippen molar-refractivity contribution < 1.29 is 9.53 Å². The molecule has 0 saturated heterocycles. The Morgan fingerprint density at radius 1 is 1.15 bits per heavy atom. The second-order valence-electron chi connectivity index (χ2n) is 6.08. The van der Waals surface area contributed by atoms with Crippen molar-refractivity contribution in [1.29, 1.82) is 0 Å². The van der Waals surface area contributed by atoms with Crippen LogP contribution in [0.5, 0.6) is 5.75 Å². The number of carbonyl (C=O) groups excluding carboxylic acids is 1. The van der Waals surface area contributed by atoms with Gasteiger partial charge in [0.25, 0.3) is 5.91 Å². The highest BCUT2D eigenvalue weighted by atomic mass is 16.5. The van der Waals surface area contributed by atoms with E-state index in [1.54, 1.807) is 19.6 Å². The normalized spacial score (nSPS) is 11.2. The van der Waals surface area contributed by atoms with Gasteiger partial charge in [-0.3, -0.25) is 4.79 Å². The molecule has 1 aromatic heterocycles. The van der Waals surface area contributed by atoms with Crippen molar-refractivity contribution >= 4 is 17.6 Å². The number of methoxy groups -OCH3 is 1. The van der Waals surface area contributed by atoms with Crippen LogP contribution in [0.25, 0.3) is 11.6 Å². The van der Waals surface area contributed by atoms with Crippen LogP contribution in [0.2, 0.25) is 0 Å². The summed E-state index contributed by atoms with van der Waals surface area (Å²) in [6.07, 6.45) is 8.15. The third kappa shape index (κ3) is 5.07. The van der Waals surface area contributed by atoms with Gasteiger partial charge in [-0.15, -0.1) is 0 Å². The molecule has 3 aromatic rings. The number of amides is 1. The van der Waals surface area contributed by atoms with Crippen LogP contribution in [0.3, 0.4) is 0 Å². The van der Waals surface area contributed by atoms with Gasteiger partial charge < -0.3 is 14.6 Å². The molecule has 1 heterocycles. The van der Waals surface area contributed by atoms with Crippen molar-refractivity contribution in [3.05, 3.63) is 84.4 Å². The summed E-state index contributed by atoms with van der Waals surface area (Å²) in [4.78, 5) is 16.9. The molecule has 1 N–H and O–H groups in total. The second-order valence-corrected chi connectivity index (χ2v) is 6.08. The molecule has 0 spiro atoms. The molecule has 0 unspecified atom stereocenters. The number of hydrogen-bond acceptors (Lipinski definition) is 3. The maximum absolute atomic E-state index is 12.9. The molecule has 0 aliphatic heterocycles. The van der Waals surface area contributed by atoms with Crippen molar-refractivity contribution in [2.75, 3.05) is 13.7 Å². The number of hydrogen-bond donors (Lipinski definition) is 1. The Morgan fingerprint density at radius 2 is 1.93 bits per heavy atom. The van der Waals surface area contributed by atoms with Gasteiger partial charge in [-0.2, -0.15) is 0 Å². The van der Waals surface area contributed by atoms with E-state index in [0.717, 1.165) is 29.8 Å². The number of para-hydroxylation sites is 1. The molecule has 1 amide bonds. The zero-order chi connectivity index (χ0) is 18.9. The number of benzene rings is 2. The van der Waals surface area contributed by atoms with Crippen LogP contribution in [0.15, 0.2) is 73.3 Å². The first-order chi connectivity index (χ1) is 13.3. The molecule has 2 aromatic carbocycles. The van der Waals surface area contributed by atoms with Gasteiger partial charge in [0.2, 0.25) is 0 Å². The summed E-state index contributed by atoms with van der Waals surface area (Å²) in [6.45, 7) is 1.41. The fourth-order valence-electron chi connectivity index (χ4n) is 2.82. The lowest BCUT2D eigenvalue weighted by Gasteiger charge is -2.11. The first-order valence-corrected chi connectivity index (χ1v) is 8.92. The molecule has 5 heteroatoms. The summed E-state index contributed by atoms with van der Waals surface area (Å²) >= 11 is 0. The number of nitrogens with zero attached hydrogens (tertiary/aromatic N) is 2. The van der Waals surface area contributed by atoms with Crippen molar-refractivity contribution in [2.45, 2.75) is 13.0 Å². The van der Waals surface area contributed by atoms with E-state index in [-0.39, 0.29) is 5.91 Å². The number of aryl methyl sites for hydroxylation is 1. The van der Waals surface area contributed by atoms with Gasteiger partial charge in [0, 0.05) is 36.6 Å². The average Bonchev–Trinajstić information content (AvgIpc) is 3.23. The summed E-state index contributed by atoms with van der Waals surface area (Å²) in [5, 5.41) is 3.02. The van der Waals surface area contributed by atoms with Gasteiger partial charge in [0.05, 0.1) is 13.4 Å². The zero-order valence-corrected chi connectivity index (χ0v) is 15.3. The summed E-state index contributed by atoms with van der Waals surface area (Å²) in [5.74, 6) is 0.636.